The van der Waals surface area contributed by atoms with Gasteiger partial charge in [-0.3, -0.25) is 9.48 Å². The molecule has 2 aromatic rings. The van der Waals surface area contributed by atoms with Gasteiger partial charge >= 0.3 is 5.97 Å². The van der Waals surface area contributed by atoms with Gasteiger partial charge in [0.15, 0.2) is 0 Å². The second-order valence-electron chi connectivity index (χ2n) is 4.49. The summed E-state index contributed by atoms with van der Waals surface area (Å²) in [4.78, 5) is 10.5. The summed E-state index contributed by atoms with van der Waals surface area (Å²) in [5.41, 5.74) is 2.70. The van der Waals surface area contributed by atoms with Gasteiger partial charge in [0.1, 0.15) is 0 Å². The molecule has 0 amide bonds. The summed E-state index contributed by atoms with van der Waals surface area (Å²) >= 11 is 3.55. The smallest absolute Gasteiger partial charge is 0.303 e. The molecule has 0 aromatic carbocycles. The molecule has 20 heavy (non-hydrogen) atoms. The van der Waals surface area contributed by atoms with Crippen LogP contribution in [-0.4, -0.2) is 35.9 Å². The molecule has 2 aromatic heterocycles. The van der Waals surface area contributed by atoms with Crippen molar-refractivity contribution in [1.29, 1.82) is 0 Å². The third-order valence-electron chi connectivity index (χ3n) is 3.00. The van der Waals surface area contributed by atoms with Crippen molar-refractivity contribution < 1.29 is 9.90 Å². The van der Waals surface area contributed by atoms with Crippen LogP contribution in [0, 0.1) is 0 Å². The predicted octanol–water partition coefficient (Wildman–Crippen LogP) is 1.40. The maximum Gasteiger partial charge on any atom is 0.303 e. The van der Waals surface area contributed by atoms with Crippen LogP contribution in [0.5, 0.6) is 0 Å². The Morgan fingerprint density at radius 3 is 2.85 bits per heavy atom. The number of aryl methyl sites for hydroxylation is 3. The zero-order valence-corrected chi connectivity index (χ0v) is 13.0. The molecule has 108 valence electrons. The lowest BCUT2D eigenvalue weighted by atomic mass is 10.2. The highest BCUT2D eigenvalue weighted by molar-refractivity contribution is 9.10. The molecule has 0 aliphatic rings. The Bertz CT molecular complexity index is 619. The van der Waals surface area contributed by atoms with Gasteiger partial charge in [0.05, 0.1) is 34.5 Å². The van der Waals surface area contributed by atoms with Crippen molar-refractivity contribution in [3.05, 3.63) is 27.8 Å². The summed E-state index contributed by atoms with van der Waals surface area (Å²) in [7, 11) is 1.89. The van der Waals surface area contributed by atoms with Crippen LogP contribution < -0.4 is 0 Å². The maximum absolute atomic E-state index is 10.5. The van der Waals surface area contributed by atoms with Crippen LogP contribution in [0.15, 0.2) is 10.7 Å². The van der Waals surface area contributed by atoms with Crippen LogP contribution in [0.2, 0.25) is 0 Å². The number of carbonyl (C=O) groups is 1. The molecule has 0 saturated heterocycles. The second-order valence-corrected chi connectivity index (χ2v) is 5.28. The predicted molar refractivity (Wildman–Crippen MR) is 75.4 cm³/mol. The van der Waals surface area contributed by atoms with Crippen LogP contribution in [-0.2, 0) is 31.2 Å². The van der Waals surface area contributed by atoms with E-state index in [2.05, 4.69) is 38.3 Å². The van der Waals surface area contributed by atoms with Gasteiger partial charge in [0.2, 0.25) is 0 Å². The van der Waals surface area contributed by atoms with Gasteiger partial charge in [0.25, 0.3) is 0 Å². The molecule has 0 aliphatic heterocycles. The van der Waals surface area contributed by atoms with Crippen molar-refractivity contribution in [1.82, 2.24) is 24.8 Å². The molecular formula is C12H16BrN5O2. The lowest BCUT2D eigenvalue weighted by Gasteiger charge is -2.02. The molecule has 0 unspecified atom stereocenters. The highest BCUT2D eigenvalue weighted by Crippen LogP contribution is 2.22. The minimum absolute atomic E-state index is 0.0636. The fourth-order valence-corrected chi connectivity index (χ4v) is 2.65. The first-order valence-corrected chi connectivity index (χ1v) is 7.11. The van der Waals surface area contributed by atoms with Crippen molar-refractivity contribution >= 4 is 21.9 Å². The van der Waals surface area contributed by atoms with E-state index in [-0.39, 0.29) is 6.42 Å². The number of hydrogen-bond acceptors (Lipinski definition) is 4. The summed E-state index contributed by atoms with van der Waals surface area (Å²) in [6.07, 6.45) is 3.08. The second kappa shape index (κ2) is 6.17. The van der Waals surface area contributed by atoms with E-state index < -0.39 is 5.97 Å². The highest BCUT2D eigenvalue weighted by atomic mass is 79.9. The third-order valence-corrected chi connectivity index (χ3v) is 3.91. The largest absolute Gasteiger partial charge is 0.481 e. The van der Waals surface area contributed by atoms with Crippen LogP contribution in [0.3, 0.4) is 0 Å². The minimum Gasteiger partial charge on any atom is -0.481 e. The van der Waals surface area contributed by atoms with Crippen LogP contribution in [0.4, 0.5) is 0 Å². The normalized spacial score (nSPS) is 10.9. The molecule has 7 nitrogen and oxygen atoms in total. The number of aromatic nitrogens is 5. The number of carboxylic acid groups (broad SMARTS) is 1. The van der Waals surface area contributed by atoms with E-state index in [4.69, 9.17) is 5.11 Å². The highest BCUT2D eigenvalue weighted by Gasteiger charge is 2.13. The monoisotopic (exact) mass is 341 g/mol. The summed E-state index contributed by atoms with van der Waals surface area (Å²) in [5, 5.41) is 21.1. The zero-order valence-electron chi connectivity index (χ0n) is 11.4. The van der Waals surface area contributed by atoms with Crippen LogP contribution in [0.1, 0.15) is 30.4 Å². The molecule has 0 atom stereocenters. The van der Waals surface area contributed by atoms with Crippen LogP contribution in [0.25, 0.3) is 0 Å². The van der Waals surface area contributed by atoms with Gasteiger partial charge in [-0.05, 0) is 22.4 Å². The fraction of sp³-hybridized carbons (Fsp3) is 0.500. The summed E-state index contributed by atoms with van der Waals surface area (Å²) in [6, 6.07) is 0. The Hall–Kier alpha value is -1.70. The van der Waals surface area contributed by atoms with E-state index in [1.54, 1.807) is 10.9 Å². The minimum atomic E-state index is -0.832. The lowest BCUT2D eigenvalue weighted by molar-refractivity contribution is -0.136. The molecule has 0 fully saturated rings. The molecule has 0 spiro atoms. The molecule has 0 aliphatic carbocycles. The molecule has 2 rings (SSSR count). The fourth-order valence-electron chi connectivity index (χ4n) is 1.91. The van der Waals surface area contributed by atoms with Gasteiger partial charge in [0, 0.05) is 19.7 Å². The first-order chi connectivity index (χ1) is 9.51. The third kappa shape index (κ3) is 3.24. The summed E-state index contributed by atoms with van der Waals surface area (Å²) in [5.74, 6) is -0.832. The molecule has 0 saturated carbocycles. The van der Waals surface area contributed by atoms with Crippen molar-refractivity contribution in [3.63, 3.8) is 0 Å². The lowest BCUT2D eigenvalue weighted by Crippen LogP contribution is -2.06. The Kier molecular flexibility index (Phi) is 4.53. The number of carboxylic acids is 1. The van der Waals surface area contributed by atoms with Gasteiger partial charge < -0.3 is 5.11 Å². The van der Waals surface area contributed by atoms with Gasteiger partial charge in [-0.2, -0.15) is 5.10 Å². The maximum atomic E-state index is 10.5. The zero-order chi connectivity index (χ0) is 14.7. The van der Waals surface area contributed by atoms with Crippen LogP contribution >= 0.6 is 15.9 Å². The Morgan fingerprint density at radius 1 is 1.50 bits per heavy atom. The van der Waals surface area contributed by atoms with E-state index in [0.29, 0.717) is 18.7 Å². The van der Waals surface area contributed by atoms with E-state index in [9.17, 15) is 4.79 Å². The average molecular weight is 342 g/mol. The number of nitrogens with zero attached hydrogens (tertiary/aromatic N) is 5. The standard InChI is InChI=1S/C12H16BrN5O2/c1-3-9-12(13)10(17(2)15-9)7-18-6-8(14-16-18)4-5-11(19)20/h6H,3-5,7H2,1-2H3,(H,19,20). The SMILES string of the molecule is CCc1nn(C)c(Cn2cc(CCC(=O)O)nn2)c1Br. The Labute approximate surface area is 124 Å². The van der Waals surface area contributed by atoms with Crippen molar-refractivity contribution in [3.8, 4) is 0 Å². The number of halogens is 1. The molecule has 0 bridgehead atoms. The molecule has 2 heterocycles. The molecule has 1 N–H and O–H groups in total. The topological polar surface area (TPSA) is 85.8 Å². The molecule has 0 radical (unpaired) electrons. The first-order valence-electron chi connectivity index (χ1n) is 6.32. The van der Waals surface area contributed by atoms with E-state index in [1.807, 2.05) is 11.7 Å². The summed E-state index contributed by atoms with van der Waals surface area (Å²) in [6.45, 7) is 2.60. The molecular weight excluding hydrogens is 326 g/mol. The number of rotatable bonds is 6. The first kappa shape index (κ1) is 14.7. The quantitative estimate of drug-likeness (QED) is 0.858. The van der Waals surface area contributed by atoms with Crippen molar-refractivity contribution in [2.24, 2.45) is 7.05 Å². The average Bonchev–Trinajstić information content (AvgIpc) is 2.96. The summed E-state index contributed by atoms with van der Waals surface area (Å²) < 4.78 is 4.50. The van der Waals surface area contributed by atoms with Crippen molar-refractivity contribution in [2.45, 2.75) is 32.7 Å². The van der Waals surface area contributed by atoms with Gasteiger partial charge in [-0.1, -0.05) is 12.1 Å². The number of hydrogen-bond donors (Lipinski definition) is 1. The van der Waals surface area contributed by atoms with Crippen molar-refractivity contribution in [2.75, 3.05) is 0 Å². The van der Waals surface area contributed by atoms with E-state index >= 15 is 0 Å². The van der Waals surface area contributed by atoms with Gasteiger partial charge in [-0.25, -0.2) is 4.68 Å². The van der Waals surface area contributed by atoms with E-state index in [0.717, 1.165) is 22.3 Å². The Morgan fingerprint density at radius 2 is 2.25 bits per heavy atom. The molecule has 8 heteroatoms. The van der Waals surface area contributed by atoms with E-state index in [1.165, 1.54) is 0 Å². The number of aliphatic carboxylic acids is 1. The Balaban J connectivity index is 2.10. The van der Waals surface area contributed by atoms with Gasteiger partial charge in [-0.15, -0.1) is 5.10 Å².